The van der Waals surface area contributed by atoms with E-state index in [0.29, 0.717) is 5.92 Å². The molecule has 3 aliphatic rings. The number of hydrogen-bond acceptors (Lipinski definition) is 5. The minimum Gasteiger partial charge on any atom is -0.425 e. The highest BCUT2D eigenvalue weighted by Gasteiger charge is 2.28. The maximum absolute atomic E-state index is 5.95. The maximum Gasteiger partial charge on any atom is 0.219 e. The molecule has 5 nitrogen and oxygen atoms in total. The van der Waals surface area contributed by atoms with Gasteiger partial charge in [0, 0.05) is 38.1 Å². The number of piperidine rings is 1. The van der Waals surface area contributed by atoms with Crippen LogP contribution in [0.2, 0.25) is 0 Å². The van der Waals surface area contributed by atoms with Gasteiger partial charge in [0.2, 0.25) is 11.8 Å². The lowest BCUT2D eigenvalue weighted by Gasteiger charge is -2.36. The lowest BCUT2D eigenvalue weighted by Crippen LogP contribution is -2.41. The molecule has 2 saturated heterocycles. The Morgan fingerprint density at radius 1 is 0.958 bits per heavy atom. The van der Waals surface area contributed by atoms with Gasteiger partial charge < -0.3 is 14.1 Å². The largest absolute Gasteiger partial charge is 0.425 e. The molecule has 1 unspecified atom stereocenters. The van der Waals surface area contributed by atoms with E-state index in [2.05, 4.69) is 15.1 Å². The molecule has 5 heteroatoms. The summed E-state index contributed by atoms with van der Waals surface area (Å²) in [5, 5.41) is 8.60. The van der Waals surface area contributed by atoms with E-state index in [-0.39, 0.29) is 0 Å². The molecule has 0 N–H and O–H groups in total. The summed E-state index contributed by atoms with van der Waals surface area (Å²) in [6, 6.07) is 0.872. The molecule has 0 aromatic carbocycles. The molecule has 0 amide bonds. The van der Waals surface area contributed by atoms with Crippen molar-refractivity contribution >= 4 is 0 Å². The van der Waals surface area contributed by atoms with E-state index in [1.54, 1.807) is 0 Å². The predicted molar refractivity (Wildman–Crippen MR) is 92.0 cm³/mol. The SMILES string of the molecule is C1CCC(N2CCCC(CCc3nnc(C4CCOCC4)o3)C2)C1. The summed E-state index contributed by atoms with van der Waals surface area (Å²) in [6.07, 6.45) is 12.6. The Bertz CT molecular complexity index is 506. The van der Waals surface area contributed by atoms with E-state index in [1.165, 1.54) is 58.0 Å². The van der Waals surface area contributed by atoms with Crippen LogP contribution >= 0.6 is 0 Å². The lowest BCUT2D eigenvalue weighted by molar-refractivity contribution is 0.0790. The van der Waals surface area contributed by atoms with Gasteiger partial charge in [0.1, 0.15) is 0 Å². The second-order valence-corrected chi connectivity index (χ2v) is 7.90. The molecule has 2 aliphatic heterocycles. The van der Waals surface area contributed by atoms with Crippen molar-refractivity contribution in [2.75, 3.05) is 26.3 Å². The monoisotopic (exact) mass is 333 g/mol. The fraction of sp³-hybridized carbons (Fsp3) is 0.895. The molecule has 1 aromatic heterocycles. The third-order valence-electron chi connectivity index (χ3n) is 6.21. The first-order valence-electron chi connectivity index (χ1n) is 10.0. The van der Waals surface area contributed by atoms with E-state index in [0.717, 1.165) is 56.2 Å². The number of hydrogen-bond donors (Lipinski definition) is 0. The van der Waals surface area contributed by atoms with E-state index in [1.807, 2.05) is 0 Å². The predicted octanol–water partition coefficient (Wildman–Crippen LogP) is 3.55. The number of nitrogens with zero attached hydrogens (tertiary/aromatic N) is 3. The standard InChI is InChI=1S/C19H31N3O2/c1-2-6-17(5-1)22-11-3-4-15(14-22)7-8-18-20-21-19(24-18)16-9-12-23-13-10-16/h15-17H,1-14H2. The average Bonchev–Trinajstić information content (AvgIpc) is 3.33. The Hall–Kier alpha value is -0.940. The van der Waals surface area contributed by atoms with Gasteiger partial charge in [-0.3, -0.25) is 0 Å². The Balaban J connectivity index is 1.26. The van der Waals surface area contributed by atoms with Crippen LogP contribution in [0, 0.1) is 5.92 Å². The lowest BCUT2D eigenvalue weighted by atomic mass is 9.92. The van der Waals surface area contributed by atoms with Crippen LogP contribution in [-0.2, 0) is 11.2 Å². The number of rotatable bonds is 5. The third-order valence-corrected chi connectivity index (χ3v) is 6.21. The first-order valence-corrected chi connectivity index (χ1v) is 10.0. The highest BCUT2D eigenvalue weighted by atomic mass is 16.5. The van der Waals surface area contributed by atoms with Gasteiger partial charge in [-0.15, -0.1) is 10.2 Å². The molecule has 4 rings (SSSR count). The first-order chi connectivity index (χ1) is 11.9. The Kier molecular flexibility index (Phi) is 5.48. The second-order valence-electron chi connectivity index (χ2n) is 7.90. The zero-order chi connectivity index (χ0) is 16.2. The molecule has 1 aliphatic carbocycles. The first kappa shape index (κ1) is 16.5. The molecule has 0 radical (unpaired) electrons. The van der Waals surface area contributed by atoms with Crippen molar-refractivity contribution in [1.82, 2.24) is 15.1 Å². The van der Waals surface area contributed by atoms with Crippen LogP contribution in [0.25, 0.3) is 0 Å². The summed E-state index contributed by atoms with van der Waals surface area (Å²) in [4.78, 5) is 2.77. The van der Waals surface area contributed by atoms with Gasteiger partial charge in [0.15, 0.2) is 0 Å². The van der Waals surface area contributed by atoms with Crippen LogP contribution in [-0.4, -0.2) is 47.4 Å². The molecule has 1 aromatic rings. The number of likely N-dealkylation sites (tertiary alicyclic amines) is 1. The van der Waals surface area contributed by atoms with Crippen molar-refractivity contribution in [3.05, 3.63) is 11.8 Å². The van der Waals surface area contributed by atoms with Crippen LogP contribution in [0.3, 0.4) is 0 Å². The molecule has 0 spiro atoms. The number of ether oxygens (including phenoxy) is 1. The number of aromatic nitrogens is 2. The van der Waals surface area contributed by atoms with Crippen molar-refractivity contribution in [3.8, 4) is 0 Å². The van der Waals surface area contributed by atoms with Crippen LogP contribution in [0.1, 0.15) is 75.5 Å². The van der Waals surface area contributed by atoms with Crippen LogP contribution in [0.4, 0.5) is 0 Å². The summed E-state index contributed by atoms with van der Waals surface area (Å²) in [6.45, 7) is 4.24. The molecule has 1 atom stereocenters. The fourth-order valence-electron chi connectivity index (χ4n) is 4.74. The fourth-order valence-corrected chi connectivity index (χ4v) is 4.74. The van der Waals surface area contributed by atoms with Crippen molar-refractivity contribution in [3.63, 3.8) is 0 Å². The summed E-state index contributed by atoms with van der Waals surface area (Å²) in [5.74, 6) is 2.89. The quantitative estimate of drug-likeness (QED) is 0.825. The Morgan fingerprint density at radius 3 is 2.62 bits per heavy atom. The number of aryl methyl sites for hydroxylation is 1. The van der Waals surface area contributed by atoms with Crippen molar-refractivity contribution < 1.29 is 9.15 Å². The van der Waals surface area contributed by atoms with Gasteiger partial charge in [-0.05, 0) is 57.4 Å². The molecule has 3 heterocycles. The molecule has 3 fully saturated rings. The van der Waals surface area contributed by atoms with Gasteiger partial charge in [0.25, 0.3) is 0 Å². The van der Waals surface area contributed by atoms with Gasteiger partial charge in [0.05, 0.1) is 0 Å². The van der Waals surface area contributed by atoms with Gasteiger partial charge >= 0.3 is 0 Å². The zero-order valence-electron chi connectivity index (χ0n) is 14.8. The van der Waals surface area contributed by atoms with Gasteiger partial charge in [-0.2, -0.15) is 0 Å². The van der Waals surface area contributed by atoms with E-state index in [4.69, 9.17) is 9.15 Å². The zero-order valence-corrected chi connectivity index (χ0v) is 14.8. The summed E-state index contributed by atoms with van der Waals surface area (Å²) < 4.78 is 11.4. The summed E-state index contributed by atoms with van der Waals surface area (Å²) >= 11 is 0. The van der Waals surface area contributed by atoms with E-state index < -0.39 is 0 Å². The van der Waals surface area contributed by atoms with Crippen LogP contribution in [0.5, 0.6) is 0 Å². The van der Waals surface area contributed by atoms with Crippen LogP contribution < -0.4 is 0 Å². The smallest absolute Gasteiger partial charge is 0.219 e. The molecular formula is C19H31N3O2. The van der Waals surface area contributed by atoms with Crippen molar-refractivity contribution in [2.45, 2.75) is 76.2 Å². The topological polar surface area (TPSA) is 51.4 Å². The van der Waals surface area contributed by atoms with Crippen molar-refractivity contribution in [2.24, 2.45) is 5.92 Å². The minimum absolute atomic E-state index is 0.410. The molecule has 1 saturated carbocycles. The van der Waals surface area contributed by atoms with Gasteiger partial charge in [-0.25, -0.2) is 0 Å². The van der Waals surface area contributed by atoms with E-state index >= 15 is 0 Å². The van der Waals surface area contributed by atoms with Crippen LogP contribution in [0.15, 0.2) is 4.42 Å². The second kappa shape index (κ2) is 7.96. The molecule has 0 bridgehead atoms. The minimum atomic E-state index is 0.410. The summed E-state index contributed by atoms with van der Waals surface area (Å²) in [5.41, 5.74) is 0. The maximum atomic E-state index is 5.95. The normalized spacial score (nSPS) is 27.8. The van der Waals surface area contributed by atoms with Crippen molar-refractivity contribution in [1.29, 1.82) is 0 Å². The third kappa shape index (κ3) is 3.99. The Labute approximate surface area is 145 Å². The highest BCUT2D eigenvalue weighted by Crippen LogP contribution is 2.30. The molecule has 24 heavy (non-hydrogen) atoms. The average molecular weight is 333 g/mol. The van der Waals surface area contributed by atoms with Gasteiger partial charge in [-0.1, -0.05) is 12.8 Å². The summed E-state index contributed by atoms with van der Waals surface area (Å²) in [7, 11) is 0. The Morgan fingerprint density at radius 2 is 1.79 bits per heavy atom. The molecule has 134 valence electrons. The van der Waals surface area contributed by atoms with E-state index in [9.17, 15) is 0 Å². The highest BCUT2D eigenvalue weighted by molar-refractivity contribution is 4.93. The molecular weight excluding hydrogens is 302 g/mol.